The maximum atomic E-state index is 13.3. The number of rotatable bonds is 6. The van der Waals surface area contributed by atoms with E-state index in [9.17, 15) is 14.0 Å². The molecule has 0 spiro atoms. The van der Waals surface area contributed by atoms with Crippen LogP contribution in [0.25, 0.3) is 0 Å². The zero-order valence-corrected chi connectivity index (χ0v) is 15.3. The van der Waals surface area contributed by atoms with E-state index in [1.54, 1.807) is 18.2 Å². The third-order valence-electron chi connectivity index (χ3n) is 3.73. The number of methoxy groups -OCH3 is 1. The third kappa shape index (κ3) is 4.92. The number of halogens is 1. The zero-order valence-electron chi connectivity index (χ0n) is 14.5. The molecule has 0 saturated carbocycles. The van der Waals surface area contributed by atoms with Crippen LogP contribution in [0.2, 0.25) is 0 Å². The van der Waals surface area contributed by atoms with Crippen molar-refractivity contribution in [3.8, 4) is 5.75 Å². The summed E-state index contributed by atoms with van der Waals surface area (Å²) in [6.45, 7) is 0. The number of thiophene rings is 1. The molecule has 0 fully saturated rings. The molecule has 0 unspecified atom stereocenters. The summed E-state index contributed by atoms with van der Waals surface area (Å²) in [5.74, 6) is -0.708. The summed E-state index contributed by atoms with van der Waals surface area (Å²) >= 11 is 1.51. The maximum absolute atomic E-state index is 13.3. The summed E-state index contributed by atoms with van der Waals surface area (Å²) in [4.78, 5) is 25.5. The quantitative estimate of drug-likeness (QED) is 0.665. The van der Waals surface area contributed by atoms with Gasteiger partial charge in [-0.2, -0.15) is 0 Å². The Hall–Kier alpha value is -3.19. The lowest BCUT2D eigenvalue weighted by atomic mass is 10.2. The highest BCUT2D eigenvalue weighted by Gasteiger charge is 2.13. The van der Waals surface area contributed by atoms with Gasteiger partial charge >= 0.3 is 0 Å². The predicted octanol–water partition coefficient (Wildman–Crippen LogP) is 4.33. The molecule has 27 heavy (non-hydrogen) atoms. The van der Waals surface area contributed by atoms with E-state index in [1.165, 1.54) is 36.6 Å². The monoisotopic (exact) mass is 384 g/mol. The van der Waals surface area contributed by atoms with E-state index in [0.717, 1.165) is 10.9 Å². The van der Waals surface area contributed by atoms with E-state index in [0.29, 0.717) is 17.1 Å². The fourth-order valence-electron chi connectivity index (χ4n) is 2.48. The van der Waals surface area contributed by atoms with Crippen LogP contribution in [0.5, 0.6) is 5.75 Å². The van der Waals surface area contributed by atoms with Crippen molar-refractivity contribution in [3.63, 3.8) is 0 Å². The van der Waals surface area contributed by atoms with Crippen molar-refractivity contribution in [1.29, 1.82) is 0 Å². The lowest BCUT2D eigenvalue weighted by Crippen LogP contribution is -2.15. The van der Waals surface area contributed by atoms with Gasteiger partial charge < -0.3 is 15.4 Å². The Balaban J connectivity index is 1.75. The lowest BCUT2D eigenvalue weighted by molar-refractivity contribution is -0.115. The summed E-state index contributed by atoms with van der Waals surface area (Å²) in [5, 5.41) is 7.39. The Kier molecular flexibility index (Phi) is 5.83. The summed E-state index contributed by atoms with van der Waals surface area (Å²) in [6.07, 6.45) is 0.273. The molecule has 1 heterocycles. The zero-order chi connectivity index (χ0) is 19.2. The van der Waals surface area contributed by atoms with Crippen molar-refractivity contribution in [2.75, 3.05) is 17.7 Å². The number of nitrogens with one attached hydrogen (secondary N) is 2. The van der Waals surface area contributed by atoms with Crippen LogP contribution in [-0.2, 0) is 11.2 Å². The first-order valence-corrected chi connectivity index (χ1v) is 9.00. The van der Waals surface area contributed by atoms with Gasteiger partial charge in [0.15, 0.2) is 0 Å². The summed E-state index contributed by atoms with van der Waals surface area (Å²) < 4.78 is 18.6. The molecule has 3 aromatic rings. The van der Waals surface area contributed by atoms with Crippen LogP contribution < -0.4 is 15.4 Å². The number of carbonyl (C=O) groups is 2. The molecule has 1 aromatic heterocycles. The van der Waals surface area contributed by atoms with Gasteiger partial charge in [0.05, 0.1) is 19.2 Å². The van der Waals surface area contributed by atoms with E-state index < -0.39 is 11.7 Å². The van der Waals surface area contributed by atoms with Crippen LogP contribution in [0.1, 0.15) is 15.2 Å². The first kappa shape index (κ1) is 18.6. The molecule has 7 heteroatoms. The summed E-state index contributed by atoms with van der Waals surface area (Å²) in [6, 6.07) is 14.1. The summed E-state index contributed by atoms with van der Waals surface area (Å²) in [7, 11) is 1.47. The molecule has 0 aliphatic rings. The molecule has 138 valence electrons. The second-order valence-electron chi connectivity index (χ2n) is 5.68. The minimum Gasteiger partial charge on any atom is -0.495 e. The van der Waals surface area contributed by atoms with Gasteiger partial charge in [0.1, 0.15) is 11.6 Å². The predicted molar refractivity (Wildman–Crippen MR) is 104 cm³/mol. The smallest absolute Gasteiger partial charge is 0.255 e. The van der Waals surface area contributed by atoms with E-state index in [1.807, 2.05) is 17.5 Å². The van der Waals surface area contributed by atoms with Crippen molar-refractivity contribution in [2.45, 2.75) is 6.42 Å². The lowest BCUT2D eigenvalue weighted by Gasteiger charge is -2.13. The SMILES string of the molecule is COc1ccc(NC(=O)Cc2cccs2)cc1NC(=O)c1cccc(F)c1. The van der Waals surface area contributed by atoms with Gasteiger partial charge in [0.25, 0.3) is 5.91 Å². The largest absolute Gasteiger partial charge is 0.495 e. The van der Waals surface area contributed by atoms with Crippen LogP contribution >= 0.6 is 11.3 Å². The van der Waals surface area contributed by atoms with Gasteiger partial charge in [-0.25, -0.2) is 4.39 Å². The third-order valence-corrected chi connectivity index (χ3v) is 4.61. The molecule has 0 bridgehead atoms. The van der Waals surface area contributed by atoms with Crippen LogP contribution in [-0.4, -0.2) is 18.9 Å². The van der Waals surface area contributed by atoms with Crippen molar-refractivity contribution >= 4 is 34.5 Å². The number of ether oxygens (including phenoxy) is 1. The van der Waals surface area contributed by atoms with E-state index >= 15 is 0 Å². The molecule has 0 saturated heterocycles. The fraction of sp³-hybridized carbons (Fsp3) is 0.100. The molecule has 2 aromatic carbocycles. The summed E-state index contributed by atoms with van der Waals surface area (Å²) in [5.41, 5.74) is 1.08. The number of amides is 2. The molecule has 3 rings (SSSR count). The van der Waals surface area contributed by atoms with Crippen LogP contribution in [0.4, 0.5) is 15.8 Å². The van der Waals surface area contributed by atoms with Crippen LogP contribution in [0.3, 0.4) is 0 Å². The first-order chi connectivity index (χ1) is 13.0. The first-order valence-electron chi connectivity index (χ1n) is 8.12. The Morgan fingerprint density at radius 1 is 1.07 bits per heavy atom. The van der Waals surface area contributed by atoms with E-state index in [4.69, 9.17) is 4.74 Å². The number of benzene rings is 2. The van der Waals surface area contributed by atoms with Crippen molar-refractivity contribution < 1.29 is 18.7 Å². The minimum absolute atomic E-state index is 0.162. The molecule has 0 aliphatic heterocycles. The Morgan fingerprint density at radius 2 is 1.93 bits per heavy atom. The van der Waals surface area contributed by atoms with Crippen molar-refractivity contribution in [1.82, 2.24) is 0 Å². The molecule has 5 nitrogen and oxygen atoms in total. The normalized spacial score (nSPS) is 10.3. The Bertz CT molecular complexity index is 958. The Morgan fingerprint density at radius 3 is 2.63 bits per heavy atom. The second-order valence-corrected chi connectivity index (χ2v) is 6.72. The molecular formula is C20H17FN2O3S. The van der Waals surface area contributed by atoms with Gasteiger partial charge in [-0.3, -0.25) is 9.59 Å². The van der Waals surface area contributed by atoms with Crippen LogP contribution in [0.15, 0.2) is 60.0 Å². The number of carbonyl (C=O) groups excluding carboxylic acids is 2. The second kappa shape index (κ2) is 8.46. The van der Waals surface area contributed by atoms with Gasteiger partial charge in [0.2, 0.25) is 5.91 Å². The van der Waals surface area contributed by atoms with Gasteiger partial charge in [-0.1, -0.05) is 12.1 Å². The fourth-order valence-corrected chi connectivity index (χ4v) is 3.19. The maximum Gasteiger partial charge on any atom is 0.255 e. The highest BCUT2D eigenvalue weighted by Crippen LogP contribution is 2.28. The molecule has 2 N–H and O–H groups in total. The number of anilines is 2. The van der Waals surface area contributed by atoms with Gasteiger partial charge in [0, 0.05) is 16.1 Å². The Labute approximate surface area is 159 Å². The topological polar surface area (TPSA) is 67.4 Å². The molecule has 0 radical (unpaired) electrons. The molecule has 0 atom stereocenters. The van der Waals surface area contributed by atoms with Gasteiger partial charge in [-0.15, -0.1) is 11.3 Å². The van der Waals surface area contributed by atoms with Crippen LogP contribution in [0, 0.1) is 5.82 Å². The van der Waals surface area contributed by atoms with Crippen molar-refractivity contribution in [2.24, 2.45) is 0 Å². The standard InChI is InChI=1S/C20H17FN2O3S/c1-26-18-8-7-15(22-19(24)12-16-6-3-9-27-16)11-17(18)23-20(25)13-4-2-5-14(21)10-13/h2-11H,12H2,1H3,(H,22,24)(H,23,25). The minimum atomic E-state index is -0.496. The number of hydrogen-bond acceptors (Lipinski definition) is 4. The average molecular weight is 384 g/mol. The van der Waals surface area contributed by atoms with Gasteiger partial charge in [-0.05, 0) is 47.8 Å². The highest BCUT2D eigenvalue weighted by atomic mass is 32.1. The molecular weight excluding hydrogens is 367 g/mol. The molecule has 0 aliphatic carbocycles. The van der Waals surface area contributed by atoms with E-state index in [2.05, 4.69) is 10.6 Å². The average Bonchev–Trinajstić information content (AvgIpc) is 3.14. The van der Waals surface area contributed by atoms with E-state index in [-0.39, 0.29) is 17.9 Å². The highest BCUT2D eigenvalue weighted by molar-refractivity contribution is 7.10. The van der Waals surface area contributed by atoms with Crippen molar-refractivity contribution in [3.05, 3.63) is 76.2 Å². The molecule has 2 amide bonds. The number of hydrogen-bond donors (Lipinski definition) is 2.